The Labute approximate surface area is 294 Å². The standard InChI is InChI=1S/C32H37N5O6.C4H4O4/c1-33-32(40)37-14-10-25-19-29(28(21-27(25)37)42-18-17-41-2)43-26-7-11-34-30(20-26)35-31(39)24-5-3-22(4-6-24)23-8-12-36(13-9-23)15-16-38;5-3(6)1-2-4(7)8/h3-7,10-11,14,19-21,23,38H,8-9,12-13,15-18H2,1-2H3,(H,33,40)(H,34,35,39);1-2H,(H,5,6)(H,7,8)/b;2-1-. The van der Waals surface area contributed by atoms with E-state index in [-0.39, 0.29) is 18.5 Å². The first-order chi connectivity index (χ1) is 24.6. The lowest BCUT2D eigenvalue weighted by Crippen LogP contribution is -2.34. The average molecular weight is 704 g/mol. The number of methoxy groups -OCH3 is 1. The molecule has 0 atom stereocenters. The number of carboxylic acids is 2. The molecule has 15 heteroatoms. The van der Waals surface area contributed by atoms with Crippen LogP contribution >= 0.6 is 0 Å². The van der Waals surface area contributed by atoms with Crippen molar-refractivity contribution in [2.24, 2.45) is 0 Å². The molecule has 4 aromatic rings. The number of hydrogen-bond acceptors (Lipinski definition) is 10. The first-order valence-corrected chi connectivity index (χ1v) is 16.1. The number of aliphatic carboxylic acids is 2. The average Bonchev–Trinajstić information content (AvgIpc) is 3.54. The van der Waals surface area contributed by atoms with Crippen LogP contribution in [-0.4, -0.2) is 107 Å². The molecule has 5 rings (SSSR count). The molecule has 51 heavy (non-hydrogen) atoms. The highest BCUT2D eigenvalue weighted by atomic mass is 16.5. The number of hydrogen-bond donors (Lipinski definition) is 5. The summed E-state index contributed by atoms with van der Waals surface area (Å²) < 4.78 is 18.7. The summed E-state index contributed by atoms with van der Waals surface area (Å²) in [6.07, 6.45) is 6.43. The Hall–Kier alpha value is -5.77. The van der Waals surface area contributed by atoms with Gasteiger partial charge in [-0.05, 0) is 67.7 Å². The number of β-amino-alcohol motifs (C(OH)–C–C–N with tert-alkyl or cyclic N) is 1. The van der Waals surface area contributed by atoms with Gasteiger partial charge in [0.15, 0.2) is 11.5 Å². The van der Waals surface area contributed by atoms with E-state index in [4.69, 9.17) is 29.5 Å². The molecule has 15 nitrogen and oxygen atoms in total. The molecule has 0 spiro atoms. The van der Waals surface area contributed by atoms with Gasteiger partial charge in [0.2, 0.25) is 0 Å². The Balaban J connectivity index is 0.000000652. The third-order valence-electron chi connectivity index (χ3n) is 7.95. The second-order valence-corrected chi connectivity index (χ2v) is 11.3. The molecule has 1 fully saturated rings. The third-order valence-corrected chi connectivity index (χ3v) is 7.95. The fraction of sp³-hybridized carbons (Fsp3) is 0.306. The van der Waals surface area contributed by atoms with Gasteiger partial charge >= 0.3 is 18.0 Å². The van der Waals surface area contributed by atoms with Crippen molar-refractivity contribution in [3.63, 3.8) is 0 Å². The van der Waals surface area contributed by atoms with E-state index in [1.165, 1.54) is 10.1 Å². The number of carbonyl (C=O) groups is 4. The fourth-order valence-electron chi connectivity index (χ4n) is 5.41. The molecule has 3 heterocycles. The van der Waals surface area contributed by atoms with Crippen LogP contribution in [0.2, 0.25) is 0 Å². The summed E-state index contributed by atoms with van der Waals surface area (Å²) >= 11 is 0. The molecule has 0 bridgehead atoms. The number of benzene rings is 2. The number of piperidine rings is 1. The molecule has 0 unspecified atom stereocenters. The third kappa shape index (κ3) is 11.1. The topological polar surface area (TPSA) is 202 Å². The van der Waals surface area contributed by atoms with Gasteiger partial charge in [-0.2, -0.15) is 0 Å². The van der Waals surface area contributed by atoms with E-state index in [2.05, 4.69) is 20.5 Å². The number of carboxylic acid groups (broad SMARTS) is 2. The molecule has 1 saturated heterocycles. The molecule has 1 aliphatic rings. The molecule has 0 saturated carbocycles. The number of amides is 2. The van der Waals surface area contributed by atoms with Crippen LogP contribution < -0.4 is 20.1 Å². The molecule has 2 amide bonds. The van der Waals surface area contributed by atoms with Gasteiger partial charge < -0.3 is 45.1 Å². The first-order valence-electron chi connectivity index (χ1n) is 16.1. The predicted molar refractivity (Wildman–Crippen MR) is 188 cm³/mol. The van der Waals surface area contributed by atoms with E-state index in [1.54, 1.807) is 50.8 Å². The van der Waals surface area contributed by atoms with E-state index < -0.39 is 11.9 Å². The van der Waals surface area contributed by atoms with Gasteiger partial charge in [0.1, 0.15) is 18.2 Å². The summed E-state index contributed by atoms with van der Waals surface area (Å²) in [5, 5.41) is 31.1. The highest BCUT2D eigenvalue weighted by molar-refractivity contribution is 6.03. The van der Waals surface area contributed by atoms with Gasteiger partial charge in [-0.1, -0.05) is 12.1 Å². The van der Waals surface area contributed by atoms with Crippen LogP contribution in [0.25, 0.3) is 10.9 Å². The Kier molecular flexibility index (Phi) is 14.1. The van der Waals surface area contributed by atoms with E-state index in [0.717, 1.165) is 37.9 Å². The first kappa shape index (κ1) is 38.0. The van der Waals surface area contributed by atoms with Gasteiger partial charge in [-0.3, -0.25) is 9.36 Å². The zero-order valence-electron chi connectivity index (χ0n) is 28.3. The summed E-state index contributed by atoms with van der Waals surface area (Å²) in [6.45, 7) is 3.51. The molecule has 270 valence electrons. The maximum absolute atomic E-state index is 13.0. The molecular weight excluding hydrogens is 662 g/mol. The Morgan fingerprint density at radius 1 is 0.941 bits per heavy atom. The molecular formula is C36H41N5O10. The number of nitrogens with zero attached hydrogens (tertiary/aromatic N) is 3. The number of pyridine rings is 1. The van der Waals surface area contributed by atoms with Gasteiger partial charge in [0, 0.05) is 68.3 Å². The number of carbonyl (C=O) groups excluding carboxylic acids is 2. The fourth-order valence-corrected chi connectivity index (χ4v) is 5.41. The smallest absolute Gasteiger partial charge is 0.328 e. The summed E-state index contributed by atoms with van der Waals surface area (Å²) in [5.41, 5.74) is 2.43. The molecule has 1 aliphatic heterocycles. The van der Waals surface area contributed by atoms with E-state index in [9.17, 15) is 19.2 Å². The highest BCUT2D eigenvalue weighted by Gasteiger charge is 2.21. The molecule has 0 aliphatic carbocycles. The lowest BCUT2D eigenvalue weighted by Gasteiger charge is -2.31. The maximum atomic E-state index is 13.0. The predicted octanol–water partition coefficient (Wildman–Crippen LogP) is 4.18. The summed E-state index contributed by atoms with van der Waals surface area (Å²) in [7, 11) is 3.16. The second kappa shape index (κ2) is 18.8. The summed E-state index contributed by atoms with van der Waals surface area (Å²) in [4.78, 5) is 51.0. The van der Waals surface area contributed by atoms with Crippen molar-refractivity contribution in [1.29, 1.82) is 0 Å². The minimum atomic E-state index is -1.26. The Morgan fingerprint density at radius 2 is 1.65 bits per heavy atom. The summed E-state index contributed by atoms with van der Waals surface area (Å²) in [6, 6.07) is 16.2. The maximum Gasteiger partial charge on any atom is 0.328 e. The van der Waals surface area contributed by atoms with Crippen molar-refractivity contribution < 1.29 is 48.7 Å². The lowest BCUT2D eigenvalue weighted by molar-refractivity contribution is -0.134. The van der Waals surface area contributed by atoms with E-state index >= 15 is 0 Å². The largest absolute Gasteiger partial charge is 0.487 e. The van der Waals surface area contributed by atoms with Gasteiger partial charge in [0.05, 0.1) is 18.7 Å². The zero-order chi connectivity index (χ0) is 36.8. The van der Waals surface area contributed by atoms with Gasteiger partial charge in [-0.25, -0.2) is 19.4 Å². The van der Waals surface area contributed by atoms with Crippen molar-refractivity contribution >= 4 is 40.6 Å². The second-order valence-electron chi connectivity index (χ2n) is 11.3. The number of likely N-dealkylation sites (tertiary alicyclic amines) is 1. The van der Waals surface area contributed by atoms with Crippen molar-refractivity contribution in [3.05, 3.63) is 90.3 Å². The number of fused-ring (bicyclic) bond motifs is 1. The Bertz CT molecular complexity index is 1820. The van der Waals surface area contributed by atoms with Crippen molar-refractivity contribution in [2.75, 3.05) is 58.9 Å². The van der Waals surface area contributed by atoms with E-state index in [1.807, 2.05) is 30.3 Å². The number of nitrogens with one attached hydrogen (secondary N) is 2. The molecule has 2 aromatic carbocycles. The SMILES string of the molecule is CNC(=O)n1ccc2cc(Oc3ccnc(NC(=O)c4ccc(C5CCN(CCO)CC5)cc4)c3)c(OCCOC)cc21.O=C(O)/C=C\C(=O)O. The zero-order valence-corrected chi connectivity index (χ0v) is 28.3. The number of aromatic nitrogens is 2. The Morgan fingerprint density at radius 3 is 2.27 bits per heavy atom. The minimum absolute atomic E-state index is 0.188. The van der Waals surface area contributed by atoms with Crippen LogP contribution in [0.4, 0.5) is 10.6 Å². The monoisotopic (exact) mass is 703 g/mol. The van der Waals surface area contributed by atoms with Gasteiger partial charge in [-0.15, -0.1) is 0 Å². The van der Waals surface area contributed by atoms with Gasteiger partial charge in [0.25, 0.3) is 5.91 Å². The van der Waals surface area contributed by atoms with Crippen LogP contribution in [0, 0.1) is 0 Å². The van der Waals surface area contributed by atoms with E-state index in [0.29, 0.717) is 65.4 Å². The number of aliphatic hydroxyl groups is 1. The van der Waals surface area contributed by atoms with Crippen LogP contribution in [0.3, 0.4) is 0 Å². The van der Waals surface area contributed by atoms with Crippen LogP contribution in [-0.2, 0) is 14.3 Å². The van der Waals surface area contributed by atoms with Crippen LogP contribution in [0.5, 0.6) is 17.2 Å². The number of ether oxygens (including phenoxy) is 3. The minimum Gasteiger partial charge on any atom is -0.487 e. The molecule has 2 aromatic heterocycles. The molecule has 5 N–H and O–H groups in total. The molecule has 0 radical (unpaired) electrons. The number of rotatable bonds is 13. The summed E-state index contributed by atoms with van der Waals surface area (Å²) in [5.74, 6) is -0.650. The van der Waals surface area contributed by atoms with Crippen molar-refractivity contribution in [1.82, 2.24) is 19.8 Å². The van der Waals surface area contributed by atoms with Crippen LogP contribution in [0.1, 0.15) is 34.7 Å². The normalized spacial score (nSPS) is 13.3. The lowest BCUT2D eigenvalue weighted by atomic mass is 9.89. The number of anilines is 1. The van der Waals surface area contributed by atoms with Crippen molar-refractivity contribution in [2.45, 2.75) is 18.8 Å². The quantitative estimate of drug-likeness (QED) is 0.0984. The van der Waals surface area contributed by atoms with Crippen LogP contribution in [0.15, 0.2) is 79.1 Å². The van der Waals surface area contributed by atoms with Crippen molar-refractivity contribution in [3.8, 4) is 17.2 Å². The number of aliphatic hydroxyl groups excluding tert-OH is 1. The highest BCUT2D eigenvalue weighted by Crippen LogP contribution is 2.37.